The molecule has 0 aromatic heterocycles. The molecule has 1 amide bonds. The number of aryl methyl sites for hydroxylation is 2. The van der Waals surface area contributed by atoms with Gasteiger partial charge in [-0.2, -0.15) is 0 Å². The van der Waals surface area contributed by atoms with Gasteiger partial charge in [-0.25, -0.2) is 0 Å². The molecule has 1 N–H and O–H groups in total. The monoisotopic (exact) mass is 382 g/mol. The zero-order valence-corrected chi connectivity index (χ0v) is 17.2. The second-order valence-corrected chi connectivity index (χ2v) is 7.66. The molecule has 0 aliphatic carbocycles. The molecule has 1 aliphatic rings. The van der Waals surface area contributed by atoms with E-state index in [0.29, 0.717) is 0 Å². The van der Waals surface area contributed by atoms with Gasteiger partial charge in [0.15, 0.2) is 6.10 Å². The molecule has 5 heteroatoms. The van der Waals surface area contributed by atoms with E-state index in [0.717, 1.165) is 48.7 Å². The molecule has 0 bridgehead atoms. The number of benzene rings is 2. The van der Waals surface area contributed by atoms with E-state index < -0.39 is 6.10 Å². The summed E-state index contributed by atoms with van der Waals surface area (Å²) < 4.78 is 11.9. The third-order valence-corrected chi connectivity index (χ3v) is 5.09. The van der Waals surface area contributed by atoms with Crippen LogP contribution in [0.1, 0.15) is 30.9 Å². The van der Waals surface area contributed by atoms with Crippen LogP contribution in [0.3, 0.4) is 0 Å². The Morgan fingerprint density at radius 1 is 1.11 bits per heavy atom. The van der Waals surface area contributed by atoms with E-state index >= 15 is 0 Å². The van der Waals surface area contributed by atoms with Crippen molar-refractivity contribution in [3.8, 4) is 11.5 Å². The predicted molar refractivity (Wildman–Crippen MR) is 112 cm³/mol. The fourth-order valence-electron chi connectivity index (χ4n) is 3.33. The summed E-state index contributed by atoms with van der Waals surface area (Å²) in [6.07, 6.45) is 1.77. The molecule has 5 nitrogen and oxygen atoms in total. The number of hydrogen-bond acceptors (Lipinski definition) is 4. The van der Waals surface area contributed by atoms with Crippen LogP contribution >= 0.6 is 0 Å². The average molecular weight is 383 g/mol. The molecule has 0 unspecified atom stereocenters. The van der Waals surface area contributed by atoms with Gasteiger partial charge in [-0.05, 0) is 76.6 Å². The average Bonchev–Trinajstić information content (AvgIpc) is 2.67. The molecule has 1 saturated heterocycles. The Bertz CT molecular complexity index is 796. The second kappa shape index (κ2) is 9.11. The highest BCUT2D eigenvalue weighted by Gasteiger charge is 2.18. The van der Waals surface area contributed by atoms with Gasteiger partial charge in [0.25, 0.3) is 5.91 Å². The van der Waals surface area contributed by atoms with Crippen LogP contribution in [0.15, 0.2) is 42.5 Å². The van der Waals surface area contributed by atoms with Crippen LogP contribution in [-0.4, -0.2) is 43.2 Å². The lowest BCUT2D eigenvalue weighted by molar-refractivity contribution is -0.122. The van der Waals surface area contributed by atoms with Gasteiger partial charge in [-0.1, -0.05) is 17.7 Å². The topological polar surface area (TPSA) is 50.8 Å². The van der Waals surface area contributed by atoms with Gasteiger partial charge in [0.2, 0.25) is 0 Å². The highest BCUT2D eigenvalue weighted by atomic mass is 16.5. The second-order valence-electron chi connectivity index (χ2n) is 7.66. The number of ether oxygens (including phenoxy) is 2. The maximum Gasteiger partial charge on any atom is 0.265 e. The quantitative estimate of drug-likeness (QED) is 0.814. The van der Waals surface area contributed by atoms with Crippen LogP contribution in [0, 0.1) is 13.8 Å². The standard InChI is InChI=1S/C23H30N2O3/c1-16-5-10-22(17(2)15-16)27-18(3)23(26)24-19-6-8-20(9-7-19)28-21-11-13-25(4)14-12-21/h5-10,15,18,21H,11-14H2,1-4H3,(H,24,26)/t18-/m0/s1. The van der Waals surface area contributed by atoms with Crippen molar-refractivity contribution in [1.29, 1.82) is 0 Å². The van der Waals surface area contributed by atoms with Crippen molar-refractivity contribution in [1.82, 2.24) is 4.90 Å². The zero-order chi connectivity index (χ0) is 20.1. The third-order valence-electron chi connectivity index (χ3n) is 5.09. The molecule has 1 aliphatic heterocycles. The first-order valence-corrected chi connectivity index (χ1v) is 9.91. The Morgan fingerprint density at radius 3 is 2.43 bits per heavy atom. The smallest absolute Gasteiger partial charge is 0.265 e. The molecule has 2 aromatic carbocycles. The molecule has 0 saturated carbocycles. The van der Waals surface area contributed by atoms with Gasteiger partial charge >= 0.3 is 0 Å². The van der Waals surface area contributed by atoms with E-state index in [2.05, 4.69) is 17.3 Å². The van der Waals surface area contributed by atoms with E-state index in [4.69, 9.17) is 9.47 Å². The summed E-state index contributed by atoms with van der Waals surface area (Å²) >= 11 is 0. The number of nitrogens with zero attached hydrogens (tertiary/aromatic N) is 1. The molecule has 0 spiro atoms. The molecule has 1 atom stereocenters. The Labute approximate surface area is 167 Å². The molecule has 2 aromatic rings. The largest absolute Gasteiger partial charge is 0.490 e. The number of likely N-dealkylation sites (tertiary alicyclic amines) is 1. The summed E-state index contributed by atoms with van der Waals surface area (Å²) in [5.74, 6) is 1.39. The van der Waals surface area contributed by atoms with E-state index in [1.54, 1.807) is 6.92 Å². The fraction of sp³-hybridized carbons (Fsp3) is 0.435. The zero-order valence-electron chi connectivity index (χ0n) is 17.2. The molecule has 1 fully saturated rings. The van der Waals surface area contributed by atoms with E-state index in [1.165, 1.54) is 5.56 Å². The van der Waals surface area contributed by atoms with E-state index in [9.17, 15) is 4.79 Å². The molecular formula is C23H30N2O3. The van der Waals surface area contributed by atoms with Crippen molar-refractivity contribution in [3.05, 3.63) is 53.6 Å². The summed E-state index contributed by atoms with van der Waals surface area (Å²) in [6, 6.07) is 13.5. The Hall–Kier alpha value is -2.53. The van der Waals surface area contributed by atoms with Crippen molar-refractivity contribution >= 4 is 11.6 Å². The minimum atomic E-state index is -0.587. The van der Waals surface area contributed by atoms with Gasteiger partial charge in [0.05, 0.1) is 0 Å². The lowest BCUT2D eigenvalue weighted by atomic mass is 10.1. The summed E-state index contributed by atoms with van der Waals surface area (Å²) in [4.78, 5) is 14.8. The predicted octanol–water partition coefficient (Wildman–Crippen LogP) is 4.18. The van der Waals surface area contributed by atoms with Crippen molar-refractivity contribution in [2.45, 2.75) is 45.8 Å². The summed E-state index contributed by atoms with van der Waals surface area (Å²) in [5.41, 5.74) is 2.93. The normalized spacial score (nSPS) is 16.4. The van der Waals surface area contributed by atoms with E-state index in [1.807, 2.05) is 56.3 Å². The molecule has 3 rings (SSSR count). The third kappa shape index (κ3) is 5.49. The van der Waals surface area contributed by atoms with Gasteiger partial charge in [0, 0.05) is 18.8 Å². The molecule has 150 valence electrons. The number of amides is 1. The van der Waals surface area contributed by atoms with Crippen LogP contribution < -0.4 is 14.8 Å². The first-order chi connectivity index (χ1) is 13.4. The van der Waals surface area contributed by atoms with Crippen molar-refractivity contribution in [3.63, 3.8) is 0 Å². The van der Waals surface area contributed by atoms with Crippen molar-refractivity contribution in [2.24, 2.45) is 0 Å². The van der Waals surface area contributed by atoms with Gasteiger partial charge < -0.3 is 19.7 Å². The van der Waals surface area contributed by atoms with Crippen molar-refractivity contribution < 1.29 is 14.3 Å². The Morgan fingerprint density at radius 2 is 1.79 bits per heavy atom. The summed E-state index contributed by atoms with van der Waals surface area (Å²) in [6.45, 7) is 7.91. The summed E-state index contributed by atoms with van der Waals surface area (Å²) in [7, 11) is 2.14. The molecular weight excluding hydrogens is 352 g/mol. The van der Waals surface area contributed by atoms with Crippen LogP contribution in [0.2, 0.25) is 0 Å². The molecule has 28 heavy (non-hydrogen) atoms. The lowest BCUT2D eigenvalue weighted by Gasteiger charge is -2.29. The van der Waals surface area contributed by atoms with Crippen LogP contribution in [0.25, 0.3) is 0 Å². The van der Waals surface area contributed by atoms with Gasteiger partial charge in [-0.3, -0.25) is 4.79 Å². The van der Waals surface area contributed by atoms with E-state index in [-0.39, 0.29) is 12.0 Å². The van der Waals surface area contributed by atoms with Crippen LogP contribution in [0.4, 0.5) is 5.69 Å². The molecule has 0 radical (unpaired) electrons. The van der Waals surface area contributed by atoms with Crippen LogP contribution in [0.5, 0.6) is 11.5 Å². The van der Waals surface area contributed by atoms with Crippen LogP contribution in [-0.2, 0) is 4.79 Å². The molecule has 1 heterocycles. The number of piperidine rings is 1. The lowest BCUT2D eigenvalue weighted by Crippen LogP contribution is -2.35. The number of carbonyl (C=O) groups excluding carboxylic acids is 1. The minimum absolute atomic E-state index is 0.177. The Kier molecular flexibility index (Phi) is 6.57. The number of rotatable bonds is 6. The maximum atomic E-state index is 12.5. The Balaban J connectivity index is 1.52. The number of carbonyl (C=O) groups is 1. The maximum absolute atomic E-state index is 12.5. The highest BCUT2D eigenvalue weighted by molar-refractivity contribution is 5.94. The van der Waals surface area contributed by atoms with Crippen molar-refractivity contribution in [2.75, 3.05) is 25.5 Å². The number of hydrogen-bond donors (Lipinski definition) is 1. The van der Waals surface area contributed by atoms with Gasteiger partial charge in [0.1, 0.15) is 17.6 Å². The first-order valence-electron chi connectivity index (χ1n) is 9.91. The first kappa shape index (κ1) is 20.2. The minimum Gasteiger partial charge on any atom is -0.490 e. The number of anilines is 1. The highest BCUT2D eigenvalue weighted by Crippen LogP contribution is 2.22. The van der Waals surface area contributed by atoms with Gasteiger partial charge in [-0.15, -0.1) is 0 Å². The summed E-state index contributed by atoms with van der Waals surface area (Å²) in [5, 5.41) is 2.90. The fourth-order valence-corrected chi connectivity index (χ4v) is 3.33. The number of nitrogens with one attached hydrogen (secondary N) is 1. The SMILES string of the molecule is Cc1ccc(O[C@@H](C)C(=O)Nc2ccc(OC3CCN(C)CC3)cc2)c(C)c1.